The normalized spacial score (nSPS) is 11.2. The third-order valence-electron chi connectivity index (χ3n) is 5.03. The summed E-state index contributed by atoms with van der Waals surface area (Å²) in [6.45, 7) is 1.71. The standard InChI is InChI=1S/C22H23N5O3/c1-30-15-14-26-13-11-16-18(8-4-9-20(16)26)23-21(28)10-5-12-27-22(29)17-6-2-3-7-19(17)24-25-27/h2-4,6-9,11,13H,5,10,12,14-15H2,1H3,(H,23,28). The molecule has 0 unspecified atom stereocenters. The fourth-order valence-electron chi connectivity index (χ4n) is 3.49. The summed E-state index contributed by atoms with van der Waals surface area (Å²) in [6, 6.07) is 14.9. The Balaban J connectivity index is 1.39. The van der Waals surface area contributed by atoms with Crippen LogP contribution in [0.25, 0.3) is 21.8 Å². The van der Waals surface area contributed by atoms with Crippen molar-refractivity contribution in [3.63, 3.8) is 0 Å². The van der Waals surface area contributed by atoms with Crippen molar-refractivity contribution in [2.75, 3.05) is 19.0 Å². The summed E-state index contributed by atoms with van der Waals surface area (Å²) in [7, 11) is 1.68. The number of ether oxygens (including phenoxy) is 1. The molecule has 0 fully saturated rings. The van der Waals surface area contributed by atoms with Gasteiger partial charge in [0.1, 0.15) is 5.52 Å². The lowest BCUT2D eigenvalue weighted by atomic mass is 10.2. The van der Waals surface area contributed by atoms with Gasteiger partial charge in [-0.25, -0.2) is 4.68 Å². The van der Waals surface area contributed by atoms with Crippen LogP contribution in [0.3, 0.4) is 0 Å². The van der Waals surface area contributed by atoms with Crippen LogP contribution in [0.1, 0.15) is 12.8 Å². The van der Waals surface area contributed by atoms with Crippen LogP contribution in [0, 0.1) is 0 Å². The van der Waals surface area contributed by atoms with Crippen LogP contribution in [-0.4, -0.2) is 39.2 Å². The molecule has 8 nitrogen and oxygen atoms in total. The van der Waals surface area contributed by atoms with Crippen LogP contribution in [0.2, 0.25) is 0 Å². The van der Waals surface area contributed by atoms with Crippen LogP contribution < -0.4 is 10.9 Å². The molecule has 0 radical (unpaired) electrons. The van der Waals surface area contributed by atoms with Gasteiger partial charge in [-0.05, 0) is 36.8 Å². The zero-order chi connectivity index (χ0) is 20.9. The van der Waals surface area contributed by atoms with Crippen molar-refractivity contribution in [2.24, 2.45) is 0 Å². The number of hydrogen-bond donors (Lipinski definition) is 1. The Kier molecular flexibility index (Phi) is 5.85. The second-order valence-electron chi connectivity index (χ2n) is 7.03. The van der Waals surface area contributed by atoms with Crippen molar-refractivity contribution in [1.82, 2.24) is 19.6 Å². The molecule has 0 spiro atoms. The van der Waals surface area contributed by atoms with E-state index in [-0.39, 0.29) is 17.9 Å². The number of benzene rings is 2. The number of nitrogens with one attached hydrogen (secondary N) is 1. The fourth-order valence-corrected chi connectivity index (χ4v) is 3.49. The molecule has 0 saturated heterocycles. The first-order valence-corrected chi connectivity index (χ1v) is 9.86. The topological polar surface area (TPSA) is 91.0 Å². The molecule has 0 saturated carbocycles. The van der Waals surface area contributed by atoms with E-state index in [1.54, 1.807) is 25.3 Å². The van der Waals surface area contributed by atoms with E-state index >= 15 is 0 Å². The summed E-state index contributed by atoms with van der Waals surface area (Å²) in [6.07, 6.45) is 2.76. The number of carbonyl (C=O) groups is 1. The molecule has 8 heteroatoms. The second kappa shape index (κ2) is 8.87. The van der Waals surface area contributed by atoms with Crippen molar-refractivity contribution in [2.45, 2.75) is 25.9 Å². The van der Waals surface area contributed by atoms with E-state index < -0.39 is 0 Å². The van der Waals surface area contributed by atoms with Gasteiger partial charge in [-0.1, -0.05) is 23.4 Å². The van der Waals surface area contributed by atoms with Gasteiger partial charge >= 0.3 is 0 Å². The first-order chi connectivity index (χ1) is 14.7. The minimum absolute atomic E-state index is 0.103. The van der Waals surface area contributed by atoms with Gasteiger partial charge in [-0.3, -0.25) is 9.59 Å². The number of fused-ring (bicyclic) bond motifs is 2. The van der Waals surface area contributed by atoms with E-state index in [9.17, 15) is 9.59 Å². The first kappa shape index (κ1) is 19.8. The molecule has 0 atom stereocenters. The zero-order valence-electron chi connectivity index (χ0n) is 16.7. The maximum atomic E-state index is 12.5. The number of hydrogen-bond acceptors (Lipinski definition) is 5. The maximum Gasteiger partial charge on any atom is 0.277 e. The molecule has 0 aliphatic heterocycles. The molecular formula is C22H23N5O3. The fraction of sp³-hybridized carbons (Fsp3) is 0.273. The third-order valence-corrected chi connectivity index (χ3v) is 5.03. The van der Waals surface area contributed by atoms with Crippen LogP contribution in [0.4, 0.5) is 5.69 Å². The van der Waals surface area contributed by atoms with Crippen LogP contribution in [0.5, 0.6) is 0 Å². The minimum Gasteiger partial charge on any atom is -0.383 e. The van der Waals surface area contributed by atoms with E-state index in [0.29, 0.717) is 30.5 Å². The quantitative estimate of drug-likeness (QED) is 0.487. The molecule has 0 bridgehead atoms. The van der Waals surface area contributed by atoms with E-state index in [2.05, 4.69) is 20.2 Å². The van der Waals surface area contributed by atoms with Crippen molar-refractivity contribution in [1.29, 1.82) is 0 Å². The van der Waals surface area contributed by atoms with Crippen molar-refractivity contribution < 1.29 is 9.53 Å². The number of anilines is 1. The van der Waals surface area contributed by atoms with Crippen molar-refractivity contribution in [3.8, 4) is 0 Å². The number of nitrogens with zero attached hydrogens (tertiary/aromatic N) is 4. The lowest BCUT2D eigenvalue weighted by Crippen LogP contribution is -2.25. The number of rotatable bonds is 8. The molecule has 1 amide bonds. The van der Waals surface area contributed by atoms with Gasteiger partial charge in [0.2, 0.25) is 5.91 Å². The predicted octanol–water partition coefficient (Wildman–Crippen LogP) is 2.81. The Morgan fingerprint density at radius 3 is 2.80 bits per heavy atom. The van der Waals surface area contributed by atoms with E-state index in [4.69, 9.17) is 4.74 Å². The van der Waals surface area contributed by atoms with Gasteiger partial charge in [0.05, 0.1) is 23.2 Å². The highest BCUT2D eigenvalue weighted by Crippen LogP contribution is 2.24. The number of aryl methyl sites for hydroxylation is 1. The number of aromatic nitrogens is 4. The Hall–Kier alpha value is -3.52. The summed E-state index contributed by atoms with van der Waals surface area (Å²) in [5, 5.41) is 12.5. The lowest BCUT2D eigenvalue weighted by Gasteiger charge is -2.09. The zero-order valence-corrected chi connectivity index (χ0v) is 16.7. The van der Waals surface area contributed by atoms with Crippen molar-refractivity contribution in [3.05, 3.63) is 65.1 Å². The second-order valence-corrected chi connectivity index (χ2v) is 7.03. The highest BCUT2D eigenvalue weighted by molar-refractivity contribution is 6.01. The molecule has 4 rings (SSSR count). The van der Waals surface area contributed by atoms with Crippen LogP contribution in [-0.2, 0) is 22.6 Å². The Morgan fingerprint density at radius 2 is 1.93 bits per heavy atom. The van der Waals surface area contributed by atoms with Gasteiger partial charge in [0.15, 0.2) is 0 Å². The van der Waals surface area contributed by atoms with Gasteiger partial charge in [0.25, 0.3) is 5.56 Å². The molecule has 2 aromatic heterocycles. The molecule has 0 aliphatic rings. The number of amides is 1. The predicted molar refractivity (Wildman–Crippen MR) is 115 cm³/mol. The lowest BCUT2D eigenvalue weighted by molar-refractivity contribution is -0.116. The smallest absolute Gasteiger partial charge is 0.277 e. The van der Waals surface area contributed by atoms with E-state index in [1.807, 2.05) is 36.5 Å². The SMILES string of the molecule is COCCn1ccc2c(NC(=O)CCCn3nnc4ccccc4c3=O)cccc21. The van der Waals surface area contributed by atoms with Gasteiger partial charge in [-0.15, -0.1) is 5.10 Å². The maximum absolute atomic E-state index is 12.5. The third kappa shape index (κ3) is 4.08. The average molecular weight is 405 g/mol. The molecular weight excluding hydrogens is 382 g/mol. The van der Waals surface area contributed by atoms with E-state index in [0.717, 1.165) is 23.1 Å². The Morgan fingerprint density at radius 1 is 1.07 bits per heavy atom. The van der Waals surface area contributed by atoms with Gasteiger partial charge in [0, 0.05) is 38.2 Å². The summed E-state index contributed by atoms with van der Waals surface area (Å²) < 4.78 is 8.56. The molecule has 4 aromatic rings. The summed E-state index contributed by atoms with van der Waals surface area (Å²) in [5.41, 5.74) is 2.20. The van der Waals surface area contributed by atoms with E-state index in [1.165, 1.54) is 4.68 Å². The average Bonchev–Trinajstić information content (AvgIpc) is 3.18. The minimum atomic E-state index is -0.192. The first-order valence-electron chi connectivity index (χ1n) is 9.86. The number of carbonyl (C=O) groups excluding carboxylic acids is 1. The Labute approximate surface area is 173 Å². The molecule has 2 aromatic carbocycles. The summed E-state index contributed by atoms with van der Waals surface area (Å²) in [4.78, 5) is 24.9. The van der Waals surface area contributed by atoms with Crippen LogP contribution in [0.15, 0.2) is 59.5 Å². The highest BCUT2D eigenvalue weighted by Gasteiger charge is 2.10. The molecule has 2 heterocycles. The number of methoxy groups -OCH3 is 1. The van der Waals surface area contributed by atoms with Gasteiger partial charge in [-0.2, -0.15) is 0 Å². The largest absolute Gasteiger partial charge is 0.383 e. The monoisotopic (exact) mass is 405 g/mol. The molecule has 1 N–H and O–H groups in total. The van der Waals surface area contributed by atoms with Crippen LogP contribution >= 0.6 is 0 Å². The van der Waals surface area contributed by atoms with Crippen molar-refractivity contribution >= 4 is 33.4 Å². The summed E-state index contributed by atoms with van der Waals surface area (Å²) >= 11 is 0. The Bertz CT molecular complexity index is 1240. The van der Waals surface area contributed by atoms with Gasteiger partial charge < -0.3 is 14.6 Å². The molecule has 30 heavy (non-hydrogen) atoms. The summed E-state index contributed by atoms with van der Waals surface area (Å²) in [5.74, 6) is -0.103. The molecule has 0 aliphatic carbocycles. The highest BCUT2D eigenvalue weighted by atomic mass is 16.5. The molecule has 154 valence electrons.